The topological polar surface area (TPSA) is 30.0 Å². The van der Waals surface area contributed by atoms with Gasteiger partial charge >= 0.3 is 6.18 Å². The van der Waals surface area contributed by atoms with E-state index >= 15 is 0 Å². The zero-order valence-electron chi connectivity index (χ0n) is 9.87. The number of nitrogens with zero attached hydrogens (tertiary/aromatic N) is 1. The van der Waals surface area contributed by atoms with E-state index in [1.807, 2.05) is 6.07 Å². The first-order chi connectivity index (χ1) is 8.95. The molecule has 98 valence electrons. The Labute approximate surface area is 107 Å². The molecular formula is C14H10F3NO. The van der Waals surface area contributed by atoms with Crippen LogP contribution in [-0.4, -0.2) is 16.9 Å². The fraction of sp³-hybridized carbons (Fsp3) is 0.286. The molecule has 1 atom stereocenters. The average Bonchev–Trinajstić information content (AvgIpc) is 2.35. The highest BCUT2D eigenvalue weighted by Gasteiger charge is 2.44. The van der Waals surface area contributed by atoms with Crippen molar-refractivity contribution < 1.29 is 18.0 Å². The Kier molecular flexibility index (Phi) is 2.59. The van der Waals surface area contributed by atoms with Crippen LogP contribution in [-0.2, 0) is 6.42 Å². The number of ketones is 1. The van der Waals surface area contributed by atoms with E-state index in [4.69, 9.17) is 0 Å². The van der Waals surface area contributed by atoms with Crippen LogP contribution in [0.5, 0.6) is 0 Å². The van der Waals surface area contributed by atoms with Crippen LogP contribution >= 0.6 is 0 Å². The molecule has 1 unspecified atom stereocenters. The van der Waals surface area contributed by atoms with Crippen molar-refractivity contribution in [1.82, 2.24) is 4.98 Å². The molecular weight excluding hydrogens is 255 g/mol. The van der Waals surface area contributed by atoms with Crippen LogP contribution in [0.2, 0.25) is 0 Å². The predicted molar refractivity (Wildman–Crippen MR) is 63.9 cm³/mol. The Balaban J connectivity index is 2.12. The average molecular weight is 265 g/mol. The van der Waals surface area contributed by atoms with Crippen LogP contribution < -0.4 is 0 Å². The molecule has 1 aromatic carbocycles. The summed E-state index contributed by atoms with van der Waals surface area (Å²) in [6.07, 6.45) is -5.04. The highest BCUT2D eigenvalue weighted by atomic mass is 19.4. The number of benzene rings is 1. The minimum atomic E-state index is -4.35. The SMILES string of the molecule is O=C1CC(C(F)(F)F)Cc2nc3ccccc3cc21. The molecule has 0 bridgehead atoms. The number of Topliss-reactive ketones (excluding diaryl/α,β-unsaturated/α-hetero) is 1. The van der Waals surface area contributed by atoms with Gasteiger partial charge < -0.3 is 0 Å². The number of fused-ring (bicyclic) bond motifs is 2. The van der Waals surface area contributed by atoms with Gasteiger partial charge in [0.05, 0.1) is 17.1 Å². The number of pyridine rings is 1. The minimum Gasteiger partial charge on any atom is -0.294 e. The third-order valence-corrected chi connectivity index (χ3v) is 3.44. The van der Waals surface area contributed by atoms with Crippen molar-refractivity contribution in [2.75, 3.05) is 0 Å². The van der Waals surface area contributed by atoms with Crippen LogP contribution in [0.25, 0.3) is 10.9 Å². The fourth-order valence-electron chi connectivity index (χ4n) is 2.42. The number of alkyl halides is 3. The van der Waals surface area contributed by atoms with Gasteiger partial charge in [-0.2, -0.15) is 13.2 Å². The molecule has 2 nitrogen and oxygen atoms in total. The maximum atomic E-state index is 12.7. The number of halogens is 3. The van der Waals surface area contributed by atoms with Crippen molar-refractivity contribution in [2.45, 2.75) is 19.0 Å². The van der Waals surface area contributed by atoms with E-state index in [1.54, 1.807) is 24.3 Å². The summed E-state index contributed by atoms with van der Waals surface area (Å²) in [5.41, 5.74) is 1.22. The summed E-state index contributed by atoms with van der Waals surface area (Å²) in [7, 11) is 0. The first-order valence-corrected chi connectivity index (χ1v) is 5.94. The van der Waals surface area contributed by atoms with Crippen molar-refractivity contribution in [1.29, 1.82) is 0 Å². The molecule has 1 aliphatic carbocycles. The van der Waals surface area contributed by atoms with Gasteiger partial charge in [-0.15, -0.1) is 0 Å². The largest absolute Gasteiger partial charge is 0.392 e. The Morgan fingerprint density at radius 2 is 1.89 bits per heavy atom. The van der Waals surface area contributed by atoms with Gasteiger partial charge in [0.15, 0.2) is 5.78 Å². The lowest BCUT2D eigenvalue weighted by Gasteiger charge is -2.25. The molecule has 0 amide bonds. The molecule has 0 N–H and O–H groups in total. The summed E-state index contributed by atoms with van der Waals surface area (Å²) in [6, 6.07) is 8.76. The van der Waals surface area contributed by atoms with Crippen LogP contribution in [0.4, 0.5) is 13.2 Å². The van der Waals surface area contributed by atoms with E-state index in [1.165, 1.54) is 0 Å². The Bertz CT molecular complexity index is 663. The lowest BCUT2D eigenvalue weighted by molar-refractivity contribution is -0.174. The summed E-state index contributed by atoms with van der Waals surface area (Å²) in [4.78, 5) is 16.1. The monoisotopic (exact) mass is 265 g/mol. The number of hydrogen-bond acceptors (Lipinski definition) is 2. The number of hydrogen-bond donors (Lipinski definition) is 0. The van der Waals surface area contributed by atoms with Gasteiger partial charge in [0, 0.05) is 23.8 Å². The smallest absolute Gasteiger partial charge is 0.294 e. The number of carbonyl (C=O) groups is 1. The third-order valence-electron chi connectivity index (χ3n) is 3.44. The van der Waals surface area contributed by atoms with Crippen LogP contribution in [0.3, 0.4) is 0 Å². The highest BCUT2D eigenvalue weighted by molar-refractivity contribution is 6.01. The standard InChI is InChI=1S/C14H10F3NO/c15-14(16,17)9-6-12-10(13(19)7-9)5-8-3-1-2-4-11(8)18-12/h1-5,9H,6-7H2. The van der Waals surface area contributed by atoms with Gasteiger partial charge in [-0.05, 0) is 12.1 Å². The van der Waals surface area contributed by atoms with E-state index in [-0.39, 0.29) is 12.1 Å². The van der Waals surface area contributed by atoms with Crippen molar-refractivity contribution in [3.05, 3.63) is 41.6 Å². The second-order valence-electron chi connectivity index (χ2n) is 4.75. The predicted octanol–water partition coefficient (Wildman–Crippen LogP) is 3.54. The molecule has 0 spiro atoms. The molecule has 1 heterocycles. The summed E-state index contributed by atoms with van der Waals surface area (Å²) in [5.74, 6) is -2.08. The molecule has 1 aromatic heterocycles. The van der Waals surface area contributed by atoms with E-state index in [0.29, 0.717) is 11.1 Å². The summed E-state index contributed by atoms with van der Waals surface area (Å²) in [5, 5.41) is 0.778. The first kappa shape index (κ1) is 12.1. The van der Waals surface area contributed by atoms with Crippen molar-refractivity contribution in [3.63, 3.8) is 0 Å². The Morgan fingerprint density at radius 1 is 1.16 bits per heavy atom. The fourth-order valence-corrected chi connectivity index (χ4v) is 2.42. The molecule has 5 heteroatoms. The molecule has 0 saturated heterocycles. The highest BCUT2D eigenvalue weighted by Crippen LogP contribution is 2.37. The molecule has 19 heavy (non-hydrogen) atoms. The van der Waals surface area contributed by atoms with Gasteiger partial charge in [-0.25, -0.2) is 0 Å². The van der Waals surface area contributed by atoms with E-state index in [2.05, 4.69) is 4.98 Å². The summed E-state index contributed by atoms with van der Waals surface area (Å²) in [6.45, 7) is 0. The zero-order valence-corrected chi connectivity index (χ0v) is 9.87. The first-order valence-electron chi connectivity index (χ1n) is 5.94. The molecule has 0 aliphatic heterocycles. The van der Waals surface area contributed by atoms with Crippen molar-refractivity contribution in [2.24, 2.45) is 5.92 Å². The lowest BCUT2D eigenvalue weighted by atomic mass is 9.85. The number of rotatable bonds is 0. The quantitative estimate of drug-likeness (QED) is 0.729. The molecule has 0 radical (unpaired) electrons. The number of aromatic nitrogens is 1. The Hall–Kier alpha value is -1.91. The van der Waals surface area contributed by atoms with Crippen LogP contribution in [0, 0.1) is 5.92 Å². The summed E-state index contributed by atoms with van der Waals surface area (Å²) >= 11 is 0. The maximum Gasteiger partial charge on any atom is 0.392 e. The number of para-hydroxylation sites is 1. The van der Waals surface area contributed by atoms with E-state index in [9.17, 15) is 18.0 Å². The lowest BCUT2D eigenvalue weighted by Crippen LogP contribution is -2.32. The van der Waals surface area contributed by atoms with Gasteiger partial charge in [0.2, 0.25) is 0 Å². The molecule has 0 fully saturated rings. The van der Waals surface area contributed by atoms with Crippen molar-refractivity contribution >= 4 is 16.7 Å². The maximum absolute atomic E-state index is 12.7. The van der Waals surface area contributed by atoms with Gasteiger partial charge in [0.25, 0.3) is 0 Å². The van der Waals surface area contributed by atoms with E-state index in [0.717, 1.165) is 5.39 Å². The van der Waals surface area contributed by atoms with Gasteiger partial charge in [-0.3, -0.25) is 9.78 Å². The normalized spacial score (nSPS) is 19.5. The van der Waals surface area contributed by atoms with Gasteiger partial charge in [0.1, 0.15) is 0 Å². The Morgan fingerprint density at radius 3 is 2.63 bits per heavy atom. The molecule has 1 aliphatic rings. The minimum absolute atomic E-state index is 0.213. The second kappa shape index (κ2) is 4.05. The van der Waals surface area contributed by atoms with Gasteiger partial charge in [-0.1, -0.05) is 18.2 Å². The third kappa shape index (κ3) is 2.09. The van der Waals surface area contributed by atoms with E-state index < -0.39 is 24.3 Å². The number of carbonyl (C=O) groups excluding carboxylic acids is 1. The second-order valence-corrected chi connectivity index (χ2v) is 4.75. The van der Waals surface area contributed by atoms with Crippen molar-refractivity contribution in [3.8, 4) is 0 Å². The summed E-state index contributed by atoms with van der Waals surface area (Å²) < 4.78 is 38.2. The molecule has 2 aromatic rings. The van der Waals surface area contributed by atoms with Crippen LogP contribution in [0.15, 0.2) is 30.3 Å². The zero-order chi connectivity index (χ0) is 13.6. The molecule has 3 rings (SSSR count). The molecule has 0 saturated carbocycles. The van der Waals surface area contributed by atoms with Crippen LogP contribution in [0.1, 0.15) is 22.5 Å².